The largest absolute Gasteiger partial charge is 0.439 e. The van der Waals surface area contributed by atoms with E-state index in [1.165, 1.54) is 37.5 Å². The van der Waals surface area contributed by atoms with Crippen molar-refractivity contribution in [1.82, 2.24) is 10.3 Å². The zero-order valence-corrected chi connectivity index (χ0v) is 12.7. The minimum Gasteiger partial charge on any atom is -0.439 e. The number of nitrogens with zero attached hydrogens (tertiary/aromatic N) is 3. The minimum atomic E-state index is -1.39. The lowest BCUT2D eigenvalue weighted by Gasteiger charge is -2.08. The Bertz CT molecular complexity index is 830. The number of ether oxygens (including phenoxy) is 1. The molecule has 1 amide bonds. The Kier molecular flexibility index (Phi) is 5.22. The molecule has 0 spiro atoms. The van der Waals surface area contributed by atoms with Crippen LogP contribution in [-0.2, 0) is 4.79 Å². The molecule has 1 N–H and O–H groups in total. The summed E-state index contributed by atoms with van der Waals surface area (Å²) in [6.45, 7) is 0. The molecule has 1 atom stereocenters. The van der Waals surface area contributed by atoms with Gasteiger partial charge in [0, 0.05) is 24.9 Å². The van der Waals surface area contributed by atoms with E-state index < -0.39 is 17.6 Å². The number of pyridine rings is 1. The van der Waals surface area contributed by atoms with E-state index in [9.17, 15) is 9.59 Å². The van der Waals surface area contributed by atoms with Gasteiger partial charge in [-0.2, -0.15) is 10.5 Å². The minimum absolute atomic E-state index is 0.227. The second kappa shape index (κ2) is 7.52. The van der Waals surface area contributed by atoms with E-state index in [-0.39, 0.29) is 5.56 Å². The first-order chi connectivity index (χ1) is 11.6. The van der Waals surface area contributed by atoms with Crippen LogP contribution in [0.5, 0.6) is 11.6 Å². The highest BCUT2D eigenvalue weighted by Crippen LogP contribution is 2.21. The molecular formula is C17H12N4O3. The van der Waals surface area contributed by atoms with E-state index in [0.717, 1.165) is 0 Å². The maximum atomic E-state index is 12.1. The maximum absolute atomic E-state index is 12.1. The fraction of sp³-hybridized carbons (Fsp3) is 0.118. The highest BCUT2D eigenvalue weighted by atomic mass is 16.5. The maximum Gasteiger partial charge on any atom is 0.245 e. The number of rotatable bonds is 5. The third kappa shape index (κ3) is 3.73. The predicted octanol–water partition coefficient (Wildman–Crippen LogP) is 1.81. The van der Waals surface area contributed by atoms with Crippen LogP contribution in [0.2, 0.25) is 0 Å². The van der Waals surface area contributed by atoms with E-state index in [1.54, 1.807) is 18.2 Å². The van der Waals surface area contributed by atoms with Gasteiger partial charge in [-0.15, -0.1) is 0 Å². The Labute approximate surface area is 138 Å². The number of carbonyl (C=O) groups is 2. The van der Waals surface area contributed by atoms with Crippen molar-refractivity contribution in [1.29, 1.82) is 10.5 Å². The molecule has 24 heavy (non-hydrogen) atoms. The van der Waals surface area contributed by atoms with E-state index in [1.807, 2.05) is 6.07 Å². The zero-order valence-electron chi connectivity index (χ0n) is 12.7. The fourth-order valence-electron chi connectivity index (χ4n) is 1.86. The summed E-state index contributed by atoms with van der Waals surface area (Å²) in [7, 11) is 1.36. The van der Waals surface area contributed by atoms with Crippen molar-refractivity contribution in [2.24, 2.45) is 5.92 Å². The number of nitrogens with one attached hydrogen (secondary N) is 1. The van der Waals surface area contributed by atoms with E-state index in [4.69, 9.17) is 15.3 Å². The Morgan fingerprint density at radius 2 is 1.88 bits per heavy atom. The molecule has 2 aromatic rings. The summed E-state index contributed by atoms with van der Waals surface area (Å²) in [6.07, 6.45) is 1.38. The standard InChI is InChI=1S/C17H12N4O3/c1-20-17(23)14(9-19)16(22)12-3-5-13(6-4-12)24-15-7-2-11(8-18)10-21-15/h2-7,10,14H,1H3,(H,20,23)/t14-/m1/s1. The number of carbonyl (C=O) groups excluding carboxylic acids is 2. The molecule has 2 rings (SSSR count). The molecule has 0 radical (unpaired) electrons. The van der Waals surface area contributed by atoms with Crippen molar-refractivity contribution in [2.45, 2.75) is 0 Å². The third-order valence-corrected chi connectivity index (χ3v) is 3.13. The Hall–Kier alpha value is -3.71. The molecule has 0 saturated carbocycles. The number of hydrogen-bond acceptors (Lipinski definition) is 6. The molecule has 118 valence electrons. The third-order valence-electron chi connectivity index (χ3n) is 3.13. The average molecular weight is 320 g/mol. The molecule has 0 unspecified atom stereocenters. The number of ketones is 1. The first-order valence-electron chi connectivity index (χ1n) is 6.88. The number of Topliss-reactive ketones (excluding diaryl/α,β-unsaturated/α-hetero) is 1. The zero-order chi connectivity index (χ0) is 17.5. The normalized spacial score (nSPS) is 10.8. The van der Waals surface area contributed by atoms with Crippen LogP contribution in [0.15, 0.2) is 42.6 Å². The number of hydrogen-bond donors (Lipinski definition) is 1. The molecule has 0 fully saturated rings. The monoisotopic (exact) mass is 320 g/mol. The number of nitriles is 2. The van der Waals surface area contributed by atoms with Gasteiger partial charge in [0.1, 0.15) is 11.8 Å². The summed E-state index contributed by atoms with van der Waals surface area (Å²) >= 11 is 0. The lowest BCUT2D eigenvalue weighted by atomic mass is 9.98. The van der Waals surface area contributed by atoms with Gasteiger partial charge in [0.2, 0.25) is 11.8 Å². The molecule has 0 aliphatic heterocycles. The second-order valence-electron chi connectivity index (χ2n) is 4.66. The summed E-state index contributed by atoms with van der Waals surface area (Å²) in [4.78, 5) is 27.6. The average Bonchev–Trinajstić information content (AvgIpc) is 2.63. The lowest BCUT2D eigenvalue weighted by molar-refractivity contribution is -0.121. The van der Waals surface area contributed by atoms with Crippen molar-refractivity contribution in [3.63, 3.8) is 0 Å². The van der Waals surface area contributed by atoms with Gasteiger partial charge in [0.25, 0.3) is 0 Å². The van der Waals surface area contributed by atoms with E-state index in [0.29, 0.717) is 17.2 Å². The van der Waals surface area contributed by atoms with Gasteiger partial charge in [-0.3, -0.25) is 9.59 Å². The molecule has 7 heteroatoms. The van der Waals surface area contributed by atoms with Crippen molar-refractivity contribution < 1.29 is 14.3 Å². The van der Waals surface area contributed by atoms with Crippen LogP contribution < -0.4 is 10.1 Å². The van der Waals surface area contributed by atoms with Crippen molar-refractivity contribution >= 4 is 11.7 Å². The first kappa shape index (κ1) is 16.7. The summed E-state index contributed by atoms with van der Waals surface area (Å²) in [5.74, 6) is -1.89. The molecule has 0 saturated heterocycles. The van der Waals surface area contributed by atoms with Gasteiger partial charge in [0.15, 0.2) is 11.7 Å². The van der Waals surface area contributed by atoms with Gasteiger partial charge in [-0.1, -0.05) is 0 Å². The van der Waals surface area contributed by atoms with E-state index >= 15 is 0 Å². The molecule has 0 bridgehead atoms. The fourth-order valence-corrected chi connectivity index (χ4v) is 1.86. The Morgan fingerprint density at radius 3 is 2.38 bits per heavy atom. The molecular weight excluding hydrogens is 308 g/mol. The number of aromatic nitrogens is 1. The van der Waals surface area contributed by atoms with Crippen molar-refractivity contribution in [2.75, 3.05) is 7.05 Å². The van der Waals surface area contributed by atoms with Gasteiger partial charge in [-0.25, -0.2) is 4.98 Å². The second-order valence-corrected chi connectivity index (χ2v) is 4.66. The molecule has 0 aliphatic rings. The van der Waals surface area contributed by atoms with Crippen molar-refractivity contribution in [3.05, 3.63) is 53.7 Å². The van der Waals surface area contributed by atoms with Crippen LogP contribution in [0.1, 0.15) is 15.9 Å². The van der Waals surface area contributed by atoms with Crippen LogP contribution in [-0.4, -0.2) is 23.7 Å². The van der Waals surface area contributed by atoms with Crippen LogP contribution in [0.25, 0.3) is 0 Å². The van der Waals surface area contributed by atoms with Crippen molar-refractivity contribution in [3.8, 4) is 23.8 Å². The smallest absolute Gasteiger partial charge is 0.245 e. The van der Waals surface area contributed by atoms with Gasteiger partial charge in [-0.05, 0) is 30.3 Å². The number of amides is 1. The highest BCUT2D eigenvalue weighted by Gasteiger charge is 2.26. The van der Waals surface area contributed by atoms with Gasteiger partial charge >= 0.3 is 0 Å². The number of benzene rings is 1. The van der Waals surface area contributed by atoms with Gasteiger partial charge in [0.05, 0.1) is 11.6 Å². The SMILES string of the molecule is CNC(=O)[C@H](C#N)C(=O)c1ccc(Oc2ccc(C#N)cn2)cc1. The van der Waals surface area contributed by atoms with Crippen LogP contribution in [0.3, 0.4) is 0 Å². The summed E-state index contributed by atoms with van der Waals surface area (Å²) in [6, 6.07) is 12.8. The summed E-state index contributed by atoms with van der Waals surface area (Å²) in [5.41, 5.74) is 0.644. The Balaban J connectivity index is 2.12. The molecule has 7 nitrogen and oxygen atoms in total. The van der Waals surface area contributed by atoms with Crippen LogP contribution in [0, 0.1) is 28.6 Å². The first-order valence-corrected chi connectivity index (χ1v) is 6.88. The molecule has 1 aromatic heterocycles. The van der Waals surface area contributed by atoms with Crippen LogP contribution in [0.4, 0.5) is 0 Å². The van der Waals surface area contributed by atoms with E-state index in [2.05, 4.69) is 10.3 Å². The predicted molar refractivity (Wildman–Crippen MR) is 83.0 cm³/mol. The van der Waals surface area contributed by atoms with Gasteiger partial charge < -0.3 is 10.1 Å². The van der Waals surface area contributed by atoms with Crippen LogP contribution >= 0.6 is 0 Å². The molecule has 0 aliphatic carbocycles. The highest BCUT2D eigenvalue weighted by molar-refractivity contribution is 6.12. The summed E-state index contributed by atoms with van der Waals surface area (Å²) in [5, 5.41) is 20.0. The molecule has 1 aromatic carbocycles. The summed E-state index contributed by atoms with van der Waals surface area (Å²) < 4.78 is 5.49. The lowest BCUT2D eigenvalue weighted by Crippen LogP contribution is -2.32. The topological polar surface area (TPSA) is 116 Å². The quantitative estimate of drug-likeness (QED) is 0.663. The molecule has 1 heterocycles. The Morgan fingerprint density at radius 1 is 1.17 bits per heavy atom.